The molecule has 2 aromatic rings. The molecule has 0 saturated heterocycles. The van der Waals surface area contributed by atoms with E-state index in [1.54, 1.807) is 12.1 Å². The van der Waals surface area contributed by atoms with E-state index < -0.39 is 31.7 Å². The van der Waals surface area contributed by atoms with Gasteiger partial charge < -0.3 is 19.5 Å². The van der Waals surface area contributed by atoms with Gasteiger partial charge in [-0.2, -0.15) is 0 Å². The number of carboxylic acids is 1. The number of hydrogen-bond acceptors (Lipinski definition) is 5. The van der Waals surface area contributed by atoms with Gasteiger partial charge in [0, 0.05) is 36.6 Å². The van der Waals surface area contributed by atoms with E-state index >= 15 is 0 Å². The smallest absolute Gasteiger partial charge is 0.303 e. The number of carbonyl (C=O) groups excluding carboxylic acids is 2. The fourth-order valence-electron chi connectivity index (χ4n) is 4.98. The highest BCUT2D eigenvalue weighted by Gasteiger charge is 2.38. The minimum Gasteiger partial charge on any atom is -0.481 e. The lowest BCUT2D eigenvalue weighted by Crippen LogP contribution is -2.44. The van der Waals surface area contributed by atoms with Crippen LogP contribution in [0.2, 0.25) is 19.6 Å². The van der Waals surface area contributed by atoms with Crippen LogP contribution in [0.4, 0.5) is 8.78 Å². The molecule has 0 spiro atoms. The molecule has 2 heterocycles. The van der Waals surface area contributed by atoms with Gasteiger partial charge in [-0.05, 0) is 42.2 Å². The summed E-state index contributed by atoms with van der Waals surface area (Å²) in [7, 11) is -2.28. The van der Waals surface area contributed by atoms with E-state index in [1.165, 1.54) is 17.0 Å². The molecular formula is C26H29F2NO6Si. The number of halogens is 2. The monoisotopic (exact) mass is 517 g/mol. The standard InChI is InChI=1S/C26H29F2NO6Si/c1-36(2,3)26-18(27)11-15(12-19(26)28)13-20(30)24-16-7-8-21-25(35-14-34-21)17(16)9-10-29(24)22(31)5-4-6-23(32)33/h7-8,11-12,24H,4-6,9-10,13-14H2,1-3H3,(H,32,33)/t24-/m1/s1. The van der Waals surface area contributed by atoms with Crippen LogP contribution in [0, 0.1) is 11.6 Å². The van der Waals surface area contributed by atoms with Crippen molar-refractivity contribution in [1.82, 2.24) is 4.90 Å². The van der Waals surface area contributed by atoms with E-state index in [1.807, 2.05) is 19.6 Å². The third-order valence-corrected chi connectivity index (χ3v) is 8.50. The SMILES string of the molecule is C[Si](C)(C)c1c(F)cc(CC(=O)[C@H]2c3ccc4c(c3CCN2C(=O)CCCC(=O)O)OCO4)cc1F. The van der Waals surface area contributed by atoms with Gasteiger partial charge in [-0.25, -0.2) is 8.78 Å². The summed E-state index contributed by atoms with van der Waals surface area (Å²) >= 11 is 0. The van der Waals surface area contributed by atoms with Crippen molar-refractivity contribution >= 4 is 30.9 Å². The zero-order chi connectivity index (χ0) is 26.2. The Morgan fingerprint density at radius 2 is 1.78 bits per heavy atom. The normalized spacial score (nSPS) is 16.6. The Kier molecular flexibility index (Phi) is 7.17. The Balaban J connectivity index is 1.66. The first-order chi connectivity index (χ1) is 17.0. The first-order valence-corrected chi connectivity index (χ1v) is 15.4. The van der Waals surface area contributed by atoms with Crippen molar-refractivity contribution < 1.29 is 37.7 Å². The van der Waals surface area contributed by atoms with E-state index in [0.29, 0.717) is 23.5 Å². The summed E-state index contributed by atoms with van der Waals surface area (Å²) in [5.74, 6) is -1.95. The van der Waals surface area contributed by atoms with E-state index in [4.69, 9.17) is 14.6 Å². The largest absolute Gasteiger partial charge is 0.481 e. The lowest BCUT2D eigenvalue weighted by molar-refractivity contribution is -0.141. The number of hydrogen-bond donors (Lipinski definition) is 1. The van der Waals surface area contributed by atoms with Crippen LogP contribution in [0.25, 0.3) is 0 Å². The van der Waals surface area contributed by atoms with Crippen molar-refractivity contribution in [1.29, 1.82) is 0 Å². The van der Waals surface area contributed by atoms with Crippen LogP contribution in [0.1, 0.15) is 42.0 Å². The van der Waals surface area contributed by atoms with Gasteiger partial charge in [0.25, 0.3) is 0 Å². The molecule has 0 fully saturated rings. The fraction of sp³-hybridized carbons (Fsp3) is 0.423. The van der Waals surface area contributed by atoms with Gasteiger partial charge in [0.05, 0.1) is 8.07 Å². The number of fused-ring (bicyclic) bond motifs is 3. The molecule has 192 valence electrons. The van der Waals surface area contributed by atoms with Crippen LogP contribution in [-0.4, -0.2) is 49.1 Å². The maximum absolute atomic E-state index is 14.8. The molecule has 1 N–H and O–H groups in total. The Labute approximate surface area is 209 Å². The van der Waals surface area contributed by atoms with Crippen molar-refractivity contribution in [3.63, 3.8) is 0 Å². The van der Waals surface area contributed by atoms with Gasteiger partial charge in [0.15, 0.2) is 17.3 Å². The molecule has 0 unspecified atom stereocenters. The molecule has 0 bridgehead atoms. The molecule has 2 aromatic carbocycles. The quantitative estimate of drug-likeness (QED) is 0.537. The summed E-state index contributed by atoms with van der Waals surface area (Å²) in [6, 6.07) is 4.83. The summed E-state index contributed by atoms with van der Waals surface area (Å²) in [5, 5.41) is 9.00. The van der Waals surface area contributed by atoms with Crippen LogP contribution >= 0.6 is 0 Å². The third-order valence-electron chi connectivity index (χ3n) is 6.52. The lowest BCUT2D eigenvalue weighted by Gasteiger charge is -2.37. The van der Waals surface area contributed by atoms with Crippen molar-refractivity contribution in [3.05, 3.63) is 52.6 Å². The Morgan fingerprint density at radius 3 is 2.42 bits per heavy atom. The molecule has 0 saturated carbocycles. The van der Waals surface area contributed by atoms with Gasteiger partial charge in [0.2, 0.25) is 12.7 Å². The average molecular weight is 518 g/mol. The first-order valence-electron chi connectivity index (χ1n) is 11.9. The zero-order valence-electron chi connectivity index (χ0n) is 20.5. The number of Topliss-reactive ketones (excluding diaryl/α,β-unsaturated/α-hetero) is 1. The fourth-order valence-corrected chi connectivity index (χ4v) is 6.56. The molecule has 7 nitrogen and oxygen atoms in total. The molecule has 0 radical (unpaired) electrons. The topological polar surface area (TPSA) is 93.1 Å². The second-order valence-corrected chi connectivity index (χ2v) is 15.2. The Hall–Kier alpha value is -3.27. The van der Waals surface area contributed by atoms with Crippen LogP contribution < -0.4 is 14.7 Å². The number of nitrogens with zero attached hydrogens (tertiary/aromatic N) is 1. The van der Waals surface area contributed by atoms with E-state index in [2.05, 4.69) is 0 Å². The zero-order valence-corrected chi connectivity index (χ0v) is 21.5. The van der Waals surface area contributed by atoms with Crippen LogP contribution in [-0.2, 0) is 27.2 Å². The van der Waals surface area contributed by atoms with E-state index in [9.17, 15) is 23.2 Å². The summed E-state index contributed by atoms with van der Waals surface area (Å²) < 4.78 is 40.7. The predicted octanol–water partition coefficient (Wildman–Crippen LogP) is 3.73. The number of rotatable bonds is 8. The van der Waals surface area contributed by atoms with Crippen molar-refractivity contribution in [2.75, 3.05) is 13.3 Å². The van der Waals surface area contributed by atoms with Crippen LogP contribution in [0.15, 0.2) is 24.3 Å². The molecule has 2 aliphatic heterocycles. The van der Waals surface area contributed by atoms with Crippen molar-refractivity contribution in [2.24, 2.45) is 0 Å². The van der Waals surface area contributed by atoms with Crippen molar-refractivity contribution in [2.45, 2.75) is 57.8 Å². The second kappa shape index (κ2) is 10.0. The molecule has 0 aromatic heterocycles. The number of carboxylic acid groups (broad SMARTS) is 1. The Bertz CT molecular complexity index is 1200. The first kappa shape index (κ1) is 25.8. The Morgan fingerprint density at radius 1 is 1.08 bits per heavy atom. The summed E-state index contributed by atoms with van der Waals surface area (Å²) in [6.07, 6.45) is 0.134. The summed E-state index contributed by atoms with van der Waals surface area (Å²) in [6.45, 7) is 5.82. The third kappa shape index (κ3) is 5.13. The number of amides is 1. The van der Waals surface area contributed by atoms with Gasteiger partial charge in [-0.3, -0.25) is 14.4 Å². The second-order valence-electron chi connectivity index (χ2n) is 10.2. The maximum Gasteiger partial charge on any atom is 0.303 e. The minimum absolute atomic E-state index is 0.0237. The number of carbonyl (C=O) groups is 3. The highest BCUT2D eigenvalue weighted by atomic mass is 28.3. The molecule has 10 heteroatoms. The van der Waals surface area contributed by atoms with E-state index in [0.717, 1.165) is 5.56 Å². The van der Waals surface area contributed by atoms with Crippen LogP contribution in [0.5, 0.6) is 11.5 Å². The molecule has 0 aliphatic carbocycles. The molecule has 1 amide bonds. The molecule has 2 aliphatic rings. The molecule has 36 heavy (non-hydrogen) atoms. The minimum atomic E-state index is -2.28. The van der Waals surface area contributed by atoms with Gasteiger partial charge in [0.1, 0.15) is 17.7 Å². The number of ether oxygens (including phenoxy) is 2. The number of aliphatic carboxylic acids is 1. The highest BCUT2D eigenvalue weighted by Crippen LogP contribution is 2.43. The predicted molar refractivity (Wildman–Crippen MR) is 130 cm³/mol. The highest BCUT2D eigenvalue weighted by molar-refractivity contribution is 6.88. The van der Waals surface area contributed by atoms with E-state index in [-0.39, 0.29) is 61.5 Å². The van der Waals surface area contributed by atoms with Gasteiger partial charge in [-0.15, -0.1) is 0 Å². The molecule has 1 atom stereocenters. The lowest BCUT2D eigenvalue weighted by atomic mass is 9.87. The maximum atomic E-state index is 14.8. The average Bonchev–Trinajstić information content (AvgIpc) is 3.25. The van der Waals surface area contributed by atoms with Gasteiger partial charge >= 0.3 is 5.97 Å². The number of ketones is 1. The molecular weight excluding hydrogens is 488 g/mol. The molecule has 4 rings (SSSR count). The summed E-state index contributed by atoms with van der Waals surface area (Å²) in [5.41, 5.74) is 1.55. The van der Waals surface area contributed by atoms with Gasteiger partial charge in [-0.1, -0.05) is 25.7 Å². The number of benzene rings is 2. The summed E-state index contributed by atoms with van der Waals surface area (Å²) in [4.78, 5) is 39.0. The van der Waals surface area contributed by atoms with Crippen LogP contribution in [0.3, 0.4) is 0 Å². The van der Waals surface area contributed by atoms with Crippen molar-refractivity contribution in [3.8, 4) is 11.5 Å².